The fourth-order valence-electron chi connectivity index (χ4n) is 1.89. The molecule has 1 aliphatic rings. The molecule has 1 heterocycles. The highest BCUT2D eigenvalue weighted by Crippen LogP contribution is 2.34. The quantitative estimate of drug-likeness (QED) is 0.736. The first-order valence-electron chi connectivity index (χ1n) is 6.11. The molecule has 0 saturated heterocycles. The normalized spacial score (nSPS) is 13.1. The zero-order valence-electron chi connectivity index (χ0n) is 10.3. The van der Waals surface area contributed by atoms with Crippen LogP contribution in [0.4, 0.5) is 0 Å². The van der Waals surface area contributed by atoms with Crippen molar-refractivity contribution in [3.8, 4) is 11.5 Å². The van der Waals surface area contributed by atoms with Crippen LogP contribution in [0.25, 0.3) is 0 Å². The lowest BCUT2D eigenvalue weighted by atomic mass is 10.1. The van der Waals surface area contributed by atoms with Crippen LogP contribution in [0.3, 0.4) is 0 Å². The van der Waals surface area contributed by atoms with E-state index in [1.807, 2.05) is 6.07 Å². The largest absolute Gasteiger partial charge is 0.454 e. The van der Waals surface area contributed by atoms with Crippen LogP contribution in [0, 0.1) is 6.92 Å². The molecule has 4 nitrogen and oxygen atoms in total. The summed E-state index contributed by atoms with van der Waals surface area (Å²) in [5.41, 5.74) is 7.95. The average molecular weight is 236 g/mol. The molecule has 2 rings (SSSR count). The van der Waals surface area contributed by atoms with Gasteiger partial charge in [-0.05, 0) is 56.1 Å². The summed E-state index contributed by atoms with van der Waals surface area (Å²) in [4.78, 5) is 0. The molecule has 0 atom stereocenters. The van der Waals surface area contributed by atoms with Gasteiger partial charge >= 0.3 is 0 Å². The molecule has 94 valence electrons. The van der Waals surface area contributed by atoms with Crippen molar-refractivity contribution in [2.24, 2.45) is 5.73 Å². The molecule has 4 heteroatoms. The zero-order chi connectivity index (χ0) is 12.1. The van der Waals surface area contributed by atoms with Crippen LogP contribution in [-0.4, -0.2) is 19.9 Å². The maximum atomic E-state index is 5.45. The zero-order valence-corrected chi connectivity index (χ0v) is 10.3. The van der Waals surface area contributed by atoms with Crippen molar-refractivity contribution in [3.05, 3.63) is 23.3 Å². The van der Waals surface area contributed by atoms with Gasteiger partial charge < -0.3 is 20.5 Å². The number of fused-ring (bicyclic) bond motifs is 1. The number of ether oxygens (including phenoxy) is 2. The molecule has 1 aromatic rings. The van der Waals surface area contributed by atoms with Crippen LogP contribution in [0.1, 0.15) is 24.0 Å². The first kappa shape index (κ1) is 12.2. The maximum Gasteiger partial charge on any atom is 0.231 e. The van der Waals surface area contributed by atoms with Gasteiger partial charge in [-0.1, -0.05) is 0 Å². The predicted octanol–water partition coefficient (Wildman–Crippen LogP) is 1.55. The SMILES string of the molecule is Cc1cc2c(cc1CNCCCCN)OCO2. The third-order valence-electron chi connectivity index (χ3n) is 2.95. The summed E-state index contributed by atoms with van der Waals surface area (Å²) in [5.74, 6) is 1.71. The van der Waals surface area contributed by atoms with Crippen LogP contribution < -0.4 is 20.5 Å². The molecule has 0 bridgehead atoms. The van der Waals surface area contributed by atoms with Crippen molar-refractivity contribution in [1.82, 2.24) is 5.32 Å². The van der Waals surface area contributed by atoms with E-state index in [9.17, 15) is 0 Å². The van der Waals surface area contributed by atoms with E-state index >= 15 is 0 Å². The van der Waals surface area contributed by atoms with Crippen LogP contribution in [0.15, 0.2) is 12.1 Å². The van der Waals surface area contributed by atoms with Crippen LogP contribution in [0.2, 0.25) is 0 Å². The Morgan fingerprint density at radius 2 is 2.00 bits per heavy atom. The molecule has 0 aromatic heterocycles. The summed E-state index contributed by atoms with van der Waals surface area (Å²) < 4.78 is 10.7. The average Bonchev–Trinajstić information content (AvgIpc) is 2.76. The van der Waals surface area contributed by atoms with Crippen molar-refractivity contribution < 1.29 is 9.47 Å². The van der Waals surface area contributed by atoms with Gasteiger partial charge in [-0.25, -0.2) is 0 Å². The Morgan fingerprint density at radius 3 is 2.76 bits per heavy atom. The topological polar surface area (TPSA) is 56.5 Å². The molecule has 0 aliphatic carbocycles. The number of unbranched alkanes of at least 4 members (excludes halogenated alkanes) is 1. The third-order valence-corrected chi connectivity index (χ3v) is 2.95. The molecule has 1 aromatic carbocycles. The van der Waals surface area contributed by atoms with Crippen molar-refractivity contribution in [3.63, 3.8) is 0 Å². The summed E-state index contributed by atoms with van der Waals surface area (Å²) in [6, 6.07) is 4.10. The van der Waals surface area contributed by atoms with E-state index in [0.29, 0.717) is 6.79 Å². The molecule has 0 amide bonds. The highest BCUT2D eigenvalue weighted by Gasteiger charge is 2.15. The van der Waals surface area contributed by atoms with Crippen LogP contribution in [-0.2, 0) is 6.54 Å². The second-order valence-corrected chi connectivity index (χ2v) is 4.30. The van der Waals surface area contributed by atoms with Gasteiger partial charge in [0.15, 0.2) is 11.5 Å². The van der Waals surface area contributed by atoms with Gasteiger partial charge in [-0.15, -0.1) is 0 Å². The Kier molecular flexibility index (Phi) is 4.23. The number of rotatable bonds is 6. The lowest BCUT2D eigenvalue weighted by Gasteiger charge is -2.09. The van der Waals surface area contributed by atoms with Gasteiger partial charge in [0.2, 0.25) is 6.79 Å². The minimum atomic E-state index is 0.335. The summed E-state index contributed by atoms with van der Waals surface area (Å²) >= 11 is 0. The highest BCUT2D eigenvalue weighted by molar-refractivity contribution is 5.48. The standard InChI is InChI=1S/C13H20N2O2/c1-10-6-12-13(17-9-16-12)7-11(10)8-15-5-3-2-4-14/h6-7,15H,2-5,8-9,14H2,1H3. The number of nitrogens with two attached hydrogens (primary N) is 1. The highest BCUT2D eigenvalue weighted by atomic mass is 16.7. The Bertz CT molecular complexity index is 380. The number of nitrogens with one attached hydrogen (secondary N) is 1. The molecule has 0 spiro atoms. The lowest BCUT2D eigenvalue weighted by molar-refractivity contribution is 0.174. The van der Waals surface area contributed by atoms with Crippen LogP contribution in [0.5, 0.6) is 11.5 Å². The number of hydrogen-bond acceptors (Lipinski definition) is 4. The molecular formula is C13H20N2O2. The first-order valence-corrected chi connectivity index (χ1v) is 6.11. The molecule has 0 radical (unpaired) electrons. The van der Waals surface area contributed by atoms with E-state index in [0.717, 1.165) is 44.0 Å². The molecule has 0 fully saturated rings. The van der Waals surface area contributed by atoms with E-state index in [2.05, 4.69) is 18.3 Å². The molecule has 1 aliphatic heterocycles. The van der Waals surface area contributed by atoms with Gasteiger partial charge in [0.1, 0.15) is 0 Å². The molecule has 17 heavy (non-hydrogen) atoms. The summed E-state index contributed by atoms with van der Waals surface area (Å²) in [6.07, 6.45) is 2.20. The minimum absolute atomic E-state index is 0.335. The first-order chi connectivity index (χ1) is 8.31. The Morgan fingerprint density at radius 1 is 1.24 bits per heavy atom. The monoisotopic (exact) mass is 236 g/mol. The van der Waals surface area contributed by atoms with Gasteiger partial charge in [-0.2, -0.15) is 0 Å². The molecule has 0 unspecified atom stereocenters. The maximum absolute atomic E-state index is 5.45. The third kappa shape index (κ3) is 3.11. The second-order valence-electron chi connectivity index (χ2n) is 4.30. The van der Waals surface area contributed by atoms with E-state index in [-0.39, 0.29) is 0 Å². The minimum Gasteiger partial charge on any atom is -0.454 e. The van der Waals surface area contributed by atoms with E-state index < -0.39 is 0 Å². The fraction of sp³-hybridized carbons (Fsp3) is 0.538. The summed E-state index contributed by atoms with van der Waals surface area (Å²) in [7, 11) is 0. The molecule has 3 N–H and O–H groups in total. The van der Waals surface area contributed by atoms with Crippen molar-refractivity contribution in [2.75, 3.05) is 19.9 Å². The van der Waals surface area contributed by atoms with Gasteiger partial charge in [0.25, 0.3) is 0 Å². The summed E-state index contributed by atoms with van der Waals surface area (Å²) in [6.45, 7) is 5.07. The Labute approximate surface area is 102 Å². The van der Waals surface area contributed by atoms with Crippen LogP contribution >= 0.6 is 0 Å². The van der Waals surface area contributed by atoms with Gasteiger partial charge in [0, 0.05) is 6.54 Å². The van der Waals surface area contributed by atoms with E-state index in [1.54, 1.807) is 0 Å². The van der Waals surface area contributed by atoms with Crippen molar-refractivity contribution in [1.29, 1.82) is 0 Å². The number of benzene rings is 1. The fourth-order valence-corrected chi connectivity index (χ4v) is 1.89. The van der Waals surface area contributed by atoms with E-state index in [4.69, 9.17) is 15.2 Å². The number of hydrogen-bond donors (Lipinski definition) is 2. The predicted molar refractivity (Wildman–Crippen MR) is 67.3 cm³/mol. The van der Waals surface area contributed by atoms with Crippen molar-refractivity contribution in [2.45, 2.75) is 26.3 Å². The Hall–Kier alpha value is -1.26. The van der Waals surface area contributed by atoms with Gasteiger partial charge in [0.05, 0.1) is 0 Å². The second kappa shape index (κ2) is 5.89. The summed E-state index contributed by atoms with van der Waals surface area (Å²) in [5, 5.41) is 3.42. The number of aryl methyl sites for hydroxylation is 1. The smallest absolute Gasteiger partial charge is 0.231 e. The molecule has 0 saturated carbocycles. The van der Waals surface area contributed by atoms with E-state index in [1.165, 1.54) is 11.1 Å². The Balaban J connectivity index is 1.88. The molecular weight excluding hydrogens is 216 g/mol. The lowest BCUT2D eigenvalue weighted by Crippen LogP contribution is -2.16. The van der Waals surface area contributed by atoms with Gasteiger partial charge in [-0.3, -0.25) is 0 Å². The van der Waals surface area contributed by atoms with Crippen molar-refractivity contribution >= 4 is 0 Å².